The Bertz CT molecular complexity index is 832. The van der Waals surface area contributed by atoms with Crippen LogP contribution in [-0.2, 0) is 9.59 Å². The number of anilines is 3. The summed E-state index contributed by atoms with van der Waals surface area (Å²) < 4.78 is 0. The molecule has 0 saturated carbocycles. The number of nitrogens with one attached hydrogen (secondary N) is 3. The fourth-order valence-corrected chi connectivity index (χ4v) is 2.25. The topological polar surface area (TPSA) is 87.3 Å². The first-order chi connectivity index (χ1) is 12.3. The Hall–Kier alpha value is -2.86. The molecule has 0 unspecified atom stereocenters. The highest BCUT2D eigenvalue weighted by molar-refractivity contribution is 6.33. The van der Waals surface area contributed by atoms with Crippen LogP contribution in [0.25, 0.3) is 0 Å². The van der Waals surface area contributed by atoms with Crippen molar-refractivity contribution in [2.75, 3.05) is 16.0 Å². The zero-order chi connectivity index (χ0) is 19.3. The Labute approximate surface area is 156 Å². The molecule has 2 aromatic carbocycles. The molecule has 0 spiro atoms. The highest BCUT2D eigenvalue weighted by Gasteiger charge is 2.10. The lowest BCUT2D eigenvalue weighted by Crippen LogP contribution is -2.18. The zero-order valence-corrected chi connectivity index (χ0v) is 15.5. The van der Waals surface area contributed by atoms with Crippen LogP contribution in [0.1, 0.15) is 31.1 Å². The second kappa shape index (κ2) is 8.49. The average Bonchev–Trinajstić information content (AvgIpc) is 2.58. The molecule has 0 radical (unpaired) electrons. The third-order valence-electron chi connectivity index (χ3n) is 3.47. The van der Waals surface area contributed by atoms with Crippen molar-refractivity contribution >= 4 is 46.4 Å². The highest BCUT2D eigenvalue weighted by Crippen LogP contribution is 2.26. The van der Waals surface area contributed by atoms with Gasteiger partial charge in [0, 0.05) is 29.8 Å². The molecule has 0 bridgehead atoms. The fraction of sp³-hybridized carbons (Fsp3) is 0.211. The van der Waals surface area contributed by atoms with E-state index >= 15 is 0 Å². The molecule has 6 nitrogen and oxygen atoms in total. The van der Waals surface area contributed by atoms with Crippen molar-refractivity contribution in [2.45, 2.75) is 20.8 Å². The van der Waals surface area contributed by atoms with Crippen molar-refractivity contribution in [3.05, 3.63) is 53.1 Å². The van der Waals surface area contributed by atoms with Crippen LogP contribution in [-0.4, -0.2) is 17.7 Å². The van der Waals surface area contributed by atoms with Crippen molar-refractivity contribution < 1.29 is 14.4 Å². The summed E-state index contributed by atoms with van der Waals surface area (Å²) in [7, 11) is 0. The molecule has 0 fully saturated rings. The van der Waals surface area contributed by atoms with Crippen LogP contribution in [0.3, 0.4) is 0 Å². The van der Waals surface area contributed by atoms with Gasteiger partial charge >= 0.3 is 0 Å². The molecule has 3 amide bonds. The van der Waals surface area contributed by atoms with Gasteiger partial charge in [0.15, 0.2) is 0 Å². The first-order valence-corrected chi connectivity index (χ1v) is 8.43. The molecule has 0 aromatic heterocycles. The summed E-state index contributed by atoms with van der Waals surface area (Å²) in [5, 5.41) is 8.48. The first kappa shape index (κ1) is 19.5. The number of hydrogen-bond donors (Lipinski definition) is 3. The maximum absolute atomic E-state index is 12.4. The molecule has 0 saturated heterocycles. The van der Waals surface area contributed by atoms with E-state index in [1.165, 1.54) is 6.92 Å². The molecule has 136 valence electrons. The Morgan fingerprint density at radius 2 is 1.50 bits per heavy atom. The third-order valence-corrected chi connectivity index (χ3v) is 3.80. The van der Waals surface area contributed by atoms with Gasteiger partial charge in [-0.1, -0.05) is 25.4 Å². The molecule has 0 aliphatic heterocycles. The van der Waals surface area contributed by atoms with Crippen molar-refractivity contribution in [3.63, 3.8) is 0 Å². The van der Waals surface area contributed by atoms with Crippen molar-refractivity contribution in [2.24, 2.45) is 5.92 Å². The Balaban J connectivity index is 2.08. The summed E-state index contributed by atoms with van der Waals surface area (Å²) in [6.07, 6.45) is 0. The quantitative estimate of drug-likeness (QED) is 0.735. The van der Waals surface area contributed by atoms with Crippen LogP contribution < -0.4 is 16.0 Å². The molecular weight excluding hydrogens is 354 g/mol. The lowest BCUT2D eigenvalue weighted by molar-refractivity contribution is -0.119. The predicted octanol–water partition coefficient (Wildman–Crippen LogP) is 4.15. The number of carbonyl (C=O) groups excluding carboxylic acids is 3. The van der Waals surface area contributed by atoms with Gasteiger partial charge in [0.05, 0.1) is 10.7 Å². The molecule has 0 aliphatic rings. The van der Waals surface area contributed by atoms with E-state index in [-0.39, 0.29) is 23.6 Å². The Morgan fingerprint density at radius 3 is 2.08 bits per heavy atom. The fourth-order valence-electron chi connectivity index (χ4n) is 2.08. The van der Waals surface area contributed by atoms with Crippen LogP contribution >= 0.6 is 11.6 Å². The van der Waals surface area contributed by atoms with Gasteiger partial charge < -0.3 is 16.0 Å². The largest absolute Gasteiger partial charge is 0.326 e. The molecule has 26 heavy (non-hydrogen) atoms. The molecule has 2 rings (SSSR count). The minimum atomic E-state index is -0.317. The second-order valence-electron chi connectivity index (χ2n) is 6.05. The van der Waals surface area contributed by atoms with Gasteiger partial charge in [0.1, 0.15) is 0 Å². The van der Waals surface area contributed by atoms with Gasteiger partial charge in [-0.25, -0.2) is 0 Å². The Kier molecular flexibility index (Phi) is 6.36. The number of amides is 3. The summed E-state index contributed by atoms with van der Waals surface area (Å²) in [4.78, 5) is 35.2. The number of carbonyl (C=O) groups is 3. The van der Waals surface area contributed by atoms with E-state index < -0.39 is 0 Å². The van der Waals surface area contributed by atoms with Gasteiger partial charge in [0.25, 0.3) is 5.91 Å². The molecule has 7 heteroatoms. The van der Waals surface area contributed by atoms with Gasteiger partial charge in [-0.2, -0.15) is 0 Å². The monoisotopic (exact) mass is 373 g/mol. The predicted molar refractivity (Wildman–Crippen MR) is 104 cm³/mol. The number of rotatable bonds is 5. The van der Waals surface area contributed by atoms with Gasteiger partial charge in [0.2, 0.25) is 11.8 Å². The number of hydrogen-bond acceptors (Lipinski definition) is 3. The van der Waals surface area contributed by atoms with Crippen molar-refractivity contribution in [1.82, 2.24) is 0 Å². The van der Waals surface area contributed by atoms with E-state index in [0.29, 0.717) is 27.6 Å². The van der Waals surface area contributed by atoms with Gasteiger partial charge in [-0.05, 0) is 42.5 Å². The smallest absolute Gasteiger partial charge is 0.255 e. The molecule has 2 aromatic rings. The zero-order valence-electron chi connectivity index (χ0n) is 14.7. The van der Waals surface area contributed by atoms with Crippen molar-refractivity contribution in [3.8, 4) is 0 Å². The van der Waals surface area contributed by atoms with E-state index in [1.54, 1.807) is 56.3 Å². The first-order valence-electron chi connectivity index (χ1n) is 8.05. The minimum absolute atomic E-state index is 0.0890. The molecule has 0 atom stereocenters. The Morgan fingerprint density at radius 1 is 0.885 bits per heavy atom. The van der Waals surface area contributed by atoms with Crippen molar-refractivity contribution in [1.29, 1.82) is 0 Å². The maximum atomic E-state index is 12.4. The van der Waals surface area contributed by atoms with E-state index in [9.17, 15) is 14.4 Å². The molecular formula is C19H20ClN3O3. The van der Waals surface area contributed by atoms with Crippen LogP contribution in [0.4, 0.5) is 17.1 Å². The highest BCUT2D eigenvalue weighted by atomic mass is 35.5. The van der Waals surface area contributed by atoms with E-state index in [0.717, 1.165) is 0 Å². The number of halogens is 1. The van der Waals surface area contributed by atoms with Gasteiger partial charge in [-0.3, -0.25) is 14.4 Å². The van der Waals surface area contributed by atoms with Crippen LogP contribution in [0.15, 0.2) is 42.5 Å². The molecule has 0 aliphatic carbocycles. The molecule has 0 heterocycles. The SMILES string of the molecule is CC(=O)Nc1cc(NC(=O)c2ccc(NC(=O)C(C)C)cc2)ccc1Cl. The summed E-state index contributed by atoms with van der Waals surface area (Å²) in [5.41, 5.74) is 1.98. The van der Waals surface area contributed by atoms with Crippen LogP contribution in [0.5, 0.6) is 0 Å². The third kappa shape index (κ3) is 5.32. The number of benzene rings is 2. The lowest BCUT2D eigenvalue weighted by atomic mass is 10.1. The van der Waals surface area contributed by atoms with E-state index in [2.05, 4.69) is 16.0 Å². The normalized spacial score (nSPS) is 10.3. The summed E-state index contributed by atoms with van der Waals surface area (Å²) in [6, 6.07) is 11.4. The standard InChI is InChI=1S/C19H20ClN3O3/c1-11(2)18(25)22-14-6-4-13(5-7-14)19(26)23-15-8-9-16(20)17(10-15)21-12(3)24/h4-11H,1-3H3,(H,21,24)(H,22,25)(H,23,26). The van der Waals surface area contributed by atoms with Crippen LogP contribution in [0, 0.1) is 5.92 Å². The maximum Gasteiger partial charge on any atom is 0.255 e. The van der Waals surface area contributed by atoms with E-state index in [1.807, 2.05) is 0 Å². The average molecular weight is 374 g/mol. The lowest BCUT2D eigenvalue weighted by Gasteiger charge is -2.11. The summed E-state index contributed by atoms with van der Waals surface area (Å²) in [5.74, 6) is -0.785. The minimum Gasteiger partial charge on any atom is -0.326 e. The molecule has 3 N–H and O–H groups in total. The van der Waals surface area contributed by atoms with Crippen LogP contribution in [0.2, 0.25) is 5.02 Å². The summed E-state index contributed by atoms with van der Waals surface area (Å²) in [6.45, 7) is 4.98. The summed E-state index contributed by atoms with van der Waals surface area (Å²) >= 11 is 6.01. The van der Waals surface area contributed by atoms with E-state index in [4.69, 9.17) is 11.6 Å². The van der Waals surface area contributed by atoms with Gasteiger partial charge in [-0.15, -0.1) is 0 Å². The second-order valence-corrected chi connectivity index (χ2v) is 6.46.